The molecular weight excluding hydrogens is 219 g/mol. The van der Waals surface area contributed by atoms with Gasteiger partial charge in [0.15, 0.2) is 0 Å². The van der Waals surface area contributed by atoms with E-state index in [1.807, 2.05) is 0 Å². The fourth-order valence-electron chi connectivity index (χ4n) is 0.829. The Balaban J connectivity index is 3.08. The van der Waals surface area contributed by atoms with Gasteiger partial charge in [0.05, 0.1) is 15.9 Å². The molecule has 0 fully saturated rings. The van der Waals surface area contributed by atoms with Crippen LogP contribution in [-0.4, -0.2) is 10.7 Å². The van der Waals surface area contributed by atoms with E-state index in [2.05, 4.69) is 0 Å². The van der Waals surface area contributed by atoms with E-state index >= 15 is 0 Å². The van der Waals surface area contributed by atoms with Gasteiger partial charge in [0.1, 0.15) is 5.82 Å². The lowest BCUT2D eigenvalue weighted by Gasteiger charge is -2.01. The van der Waals surface area contributed by atoms with E-state index in [1.165, 1.54) is 0 Å². The highest BCUT2D eigenvalue weighted by molar-refractivity contribution is 7.99. The molecule has 0 saturated heterocycles. The minimum absolute atomic E-state index is 0.0204. The maximum absolute atomic E-state index is 12.5. The molecule has 0 aliphatic rings. The van der Waals surface area contributed by atoms with E-state index in [0.29, 0.717) is 6.07 Å². The van der Waals surface area contributed by atoms with E-state index in [9.17, 15) is 23.3 Å². The molecule has 0 unspecified atom stereocenters. The second kappa shape index (κ2) is 4.32. The molecule has 76 valence electrons. The molecule has 7 heteroatoms. The summed E-state index contributed by atoms with van der Waals surface area (Å²) < 4.78 is 36.4. The molecule has 1 rings (SSSR count). The average Bonchev–Trinajstić information content (AvgIpc) is 2.07. The molecule has 0 aromatic heterocycles. The van der Waals surface area contributed by atoms with Crippen LogP contribution < -0.4 is 0 Å². The highest BCUT2D eigenvalue weighted by atomic mass is 32.2. The van der Waals surface area contributed by atoms with Gasteiger partial charge >= 0.3 is 0 Å². The zero-order valence-corrected chi connectivity index (χ0v) is 7.43. The molecule has 0 amide bonds. The molecule has 0 aliphatic heterocycles. The molecule has 0 heterocycles. The van der Waals surface area contributed by atoms with E-state index in [-0.39, 0.29) is 16.7 Å². The van der Waals surface area contributed by atoms with Crippen LogP contribution in [0.4, 0.5) is 18.9 Å². The lowest BCUT2D eigenvalue weighted by atomic mass is 10.3. The molecule has 0 radical (unpaired) electrons. The van der Waals surface area contributed by atoms with Gasteiger partial charge in [-0.1, -0.05) is 0 Å². The Labute approximate surface area is 81.1 Å². The van der Waals surface area contributed by atoms with Crippen molar-refractivity contribution < 1.29 is 18.1 Å². The Morgan fingerprint density at radius 2 is 2.07 bits per heavy atom. The number of alkyl halides is 2. The van der Waals surface area contributed by atoms with E-state index < -0.39 is 22.2 Å². The zero-order valence-electron chi connectivity index (χ0n) is 6.62. The van der Waals surface area contributed by atoms with Crippen LogP contribution in [0.1, 0.15) is 0 Å². The number of nitro groups is 1. The van der Waals surface area contributed by atoms with Gasteiger partial charge in [-0.2, -0.15) is 8.78 Å². The molecule has 1 aromatic carbocycles. The predicted molar refractivity (Wildman–Crippen MR) is 44.9 cm³/mol. The molecule has 0 saturated carbocycles. The lowest BCUT2D eigenvalue weighted by Crippen LogP contribution is -1.93. The summed E-state index contributed by atoms with van der Waals surface area (Å²) >= 11 is 0.0204. The van der Waals surface area contributed by atoms with Crippen molar-refractivity contribution in [2.75, 3.05) is 0 Å². The van der Waals surface area contributed by atoms with Crippen molar-refractivity contribution >= 4 is 17.4 Å². The van der Waals surface area contributed by atoms with E-state index in [1.54, 1.807) is 0 Å². The molecule has 0 N–H and O–H groups in total. The summed E-state index contributed by atoms with van der Waals surface area (Å²) in [5.41, 5.74) is -0.643. The fourth-order valence-corrected chi connectivity index (χ4v) is 1.42. The van der Waals surface area contributed by atoms with E-state index in [4.69, 9.17) is 0 Å². The first-order chi connectivity index (χ1) is 6.50. The average molecular weight is 223 g/mol. The Morgan fingerprint density at radius 3 is 2.57 bits per heavy atom. The minimum atomic E-state index is -2.76. The van der Waals surface area contributed by atoms with Crippen LogP contribution in [-0.2, 0) is 0 Å². The highest BCUT2D eigenvalue weighted by Crippen LogP contribution is 2.33. The minimum Gasteiger partial charge on any atom is -0.258 e. The summed E-state index contributed by atoms with van der Waals surface area (Å²) in [7, 11) is 0. The summed E-state index contributed by atoms with van der Waals surface area (Å²) in [6, 6.07) is 2.48. The molecule has 0 aliphatic carbocycles. The van der Waals surface area contributed by atoms with Crippen LogP contribution in [0.3, 0.4) is 0 Å². The van der Waals surface area contributed by atoms with Crippen molar-refractivity contribution in [1.29, 1.82) is 0 Å². The maximum Gasteiger partial charge on any atom is 0.289 e. The van der Waals surface area contributed by atoms with Gasteiger partial charge in [0.2, 0.25) is 0 Å². The summed E-state index contributed by atoms with van der Waals surface area (Å²) in [6.45, 7) is 0. The van der Waals surface area contributed by atoms with Crippen LogP contribution >= 0.6 is 11.8 Å². The maximum atomic E-state index is 12.5. The fraction of sp³-hybridized carbons (Fsp3) is 0.143. The number of halogens is 3. The third-order valence-electron chi connectivity index (χ3n) is 1.33. The summed E-state index contributed by atoms with van der Waals surface area (Å²) in [6.07, 6.45) is 0. The number of thioether (sulfide) groups is 1. The Kier molecular flexibility index (Phi) is 3.34. The number of nitrogens with zero attached hydrogens (tertiary/aromatic N) is 1. The number of hydrogen-bond donors (Lipinski definition) is 0. The van der Waals surface area contributed by atoms with Crippen LogP contribution in [0.25, 0.3) is 0 Å². The van der Waals surface area contributed by atoms with Gasteiger partial charge in [0, 0.05) is 0 Å². The summed E-state index contributed by atoms with van der Waals surface area (Å²) in [5.74, 6) is -3.59. The van der Waals surface area contributed by atoms with Crippen molar-refractivity contribution in [3.63, 3.8) is 0 Å². The quantitative estimate of drug-likeness (QED) is 0.449. The lowest BCUT2D eigenvalue weighted by molar-refractivity contribution is -0.387. The third kappa shape index (κ3) is 2.63. The second-order valence-corrected chi connectivity index (χ2v) is 3.28. The van der Waals surface area contributed by atoms with Gasteiger partial charge in [-0.05, 0) is 23.9 Å². The third-order valence-corrected chi connectivity index (χ3v) is 2.11. The standard InChI is InChI=1S/C7H4F3NO2S/c8-4-1-2-6(14-7(9)10)5(3-4)11(12)13/h1-3,7H. The smallest absolute Gasteiger partial charge is 0.258 e. The molecule has 14 heavy (non-hydrogen) atoms. The summed E-state index contributed by atoms with van der Waals surface area (Å²) in [5, 5.41) is 10.3. The number of benzene rings is 1. The van der Waals surface area contributed by atoms with Gasteiger partial charge in [-0.25, -0.2) is 4.39 Å². The Bertz CT molecular complexity index is 359. The van der Waals surface area contributed by atoms with Gasteiger partial charge in [0.25, 0.3) is 11.4 Å². The number of rotatable bonds is 3. The summed E-state index contributed by atoms with van der Waals surface area (Å²) in [4.78, 5) is 9.20. The first-order valence-electron chi connectivity index (χ1n) is 3.39. The molecule has 3 nitrogen and oxygen atoms in total. The van der Waals surface area contributed by atoms with Gasteiger partial charge < -0.3 is 0 Å². The van der Waals surface area contributed by atoms with Crippen molar-refractivity contribution in [2.24, 2.45) is 0 Å². The Morgan fingerprint density at radius 1 is 1.43 bits per heavy atom. The van der Waals surface area contributed by atoms with Crippen LogP contribution in [0.15, 0.2) is 23.1 Å². The van der Waals surface area contributed by atoms with Crippen molar-refractivity contribution in [3.8, 4) is 0 Å². The van der Waals surface area contributed by atoms with E-state index in [0.717, 1.165) is 12.1 Å². The predicted octanol–water partition coefficient (Wildman–Crippen LogP) is 3.05. The molecule has 0 spiro atoms. The topological polar surface area (TPSA) is 43.1 Å². The first kappa shape index (κ1) is 10.8. The molecular formula is C7H4F3NO2S. The largest absolute Gasteiger partial charge is 0.289 e. The second-order valence-electron chi connectivity index (χ2n) is 2.25. The zero-order chi connectivity index (χ0) is 10.7. The first-order valence-corrected chi connectivity index (χ1v) is 4.27. The number of nitro benzene ring substituents is 1. The van der Waals surface area contributed by atoms with Crippen LogP contribution in [0, 0.1) is 15.9 Å². The highest BCUT2D eigenvalue weighted by Gasteiger charge is 2.18. The molecule has 1 aromatic rings. The molecule has 0 bridgehead atoms. The monoisotopic (exact) mass is 223 g/mol. The molecule has 0 atom stereocenters. The normalized spacial score (nSPS) is 10.6. The van der Waals surface area contributed by atoms with Gasteiger partial charge in [-0.3, -0.25) is 10.1 Å². The van der Waals surface area contributed by atoms with Gasteiger partial charge in [-0.15, -0.1) is 0 Å². The van der Waals surface area contributed by atoms with Crippen molar-refractivity contribution in [2.45, 2.75) is 10.7 Å². The van der Waals surface area contributed by atoms with Crippen molar-refractivity contribution in [3.05, 3.63) is 34.1 Å². The SMILES string of the molecule is O=[N+]([O-])c1cc(F)ccc1SC(F)F. The number of hydrogen-bond acceptors (Lipinski definition) is 3. The Hall–Kier alpha value is -1.24. The van der Waals surface area contributed by atoms with Crippen molar-refractivity contribution in [1.82, 2.24) is 0 Å². The van der Waals surface area contributed by atoms with Crippen LogP contribution in [0.5, 0.6) is 0 Å². The van der Waals surface area contributed by atoms with Crippen LogP contribution in [0.2, 0.25) is 0 Å².